The number of hydrogen-bond donors (Lipinski definition) is 2. The summed E-state index contributed by atoms with van der Waals surface area (Å²) in [5.41, 5.74) is 0.147. The SMILES string of the molecule is CNCc1ccc([N+](=O)[O-])c(OCC(O)C(F)(F)F)c1. The topological polar surface area (TPSA) is 84.6 Å². The number of benzene rings is 1. The number of nitrogens with zero attached hydrogens (tertiary/aromatic N) is 1. The number of hydrogen-bond acceptors (Lipinski definition) is 5. The van der Waals surface area contributed by atoms with Gasteiger partial charge < -0.3 is 15.2 Å². The van der Waals surface area contributed by atoms with E-state index < -0.39 is 29.5 Å². The van der Waals surface area contributed by atoms with E-state index in [4.69, 9.17) is 9.84 Å². The van der Waals surface area contributed by atoms with Gasteiger partial charge in [-0.25, -0.2) is 0 Å². The van der Waals surface area contributed by atoms with Gasteiger partial charge >= 0.3 is 11.9 Å². The first-order valence-electron chi connectivity index (χ1n) is 5.55. The van der Waals surface area contributed by atoms with Crippen molar-refractivity contribution in [1.29, 1.82) is 0 Å². The minimum atomic E-state index is -4.84. The molecule has 0 aliphatic carbocycles. The molecule has 0 aromatic heterocycles. The quantitative estimate of drug-likeness (QED) is 0.615. The summed E-state index contributed by atoms with van der Waals surface area (Å²) < 4.78 is 41.1. The lowest BCUT2D eigenvalue weighted by Crippen LogP contribution is -2.34. The Kier molecular flexibility index (Phi) is 5.28. The third-order valence-electron chi connectivity index (χ3n) is 2.38. The molecule has 1 atom stereocenters. The summed E-state index contributed by atoms with van der Waals surface area (Å²) in [6.45, 7) is -0.733. The molecule has 0 aliphatic heterocycles. The van der Waals surface area contributed by atoms with Crippen LogP contribution in [0.25, 0.3) is 0 Å². The summed E-state index contributed by atoms with van der Waals surface area (Å²) in [7, 11) is 1.65. The lowest BCUT2D eigenvalue weighted by Gasteiger charge is -2.15. The van der Waals surface area contributed by atoms with Gasteiger partial charge in [-0.1, -0.05) is 6.07 Å². The van der Waals surface area contributed by atoms with Gasteiger partial charge in [-0.3, -0.25) is 10.1 Å². The molecule has 9 heteroatoms. The van der Waals surface area contributed by atoms with Crippen LogP contribution in [-0.4, -0.2) is 36.0 Å². The number of rotatable bonds is 6. The zero-order valence-corrected chi connectivity index (χ0v) is 10.5. The van der Waals surface area contributed by atoms with Crippen LogP contribution in [0.15, 0.2) is 18.2 Å². The van der Waals surface area contributed by atoms with E-state index in [1.54, 1.807) is 7.05 Å². The molecule has 0 amide bonds. The van der Waals surface area contributed by atoms with Crippen molar-refractivity contribution in [1.82, 2.24) is 5.32 Å². The Morgan fingerprint density at radius 3 is 2.65 bits per heavy atom. The number of nitrogens with one attached hydrogen (secondary N) is 1. The number of aliphatic hydroxyl groups excluding tert-OH is 1. The molecule has 0 radical (unpaired) electrons. The van der Waals surface area contributed by atoms with Crippen molar-refractivity contribution in [3.8, 4) is 5.75 Å². The Morgan fingerprint density at radius 2 is 2.15 bits per heavy atom. The number of alkyl halides is 3. The number of nitro groups is 1. The molecular formula is C11H13F3N2O4. The van der Waals surface area contributed by atoms with Crippen LogP contribution in [0.2, 0.25) is 0 Å². The summed E-state index contributed by atoms with van der Waals surface area (Å²) >= 11 is 0. The van der Waals surface area contributed by atoms with Crippen molar-refractivity contribution < 1.29 is 27.9 Å². The van der Waals surface area contributed by atoms with Gasteiger partial charge in [-0.05, 0) is 18.7 Å². The second-order valence-electron chi connectivity index (χ2n) is 3.96. The monoisotopic (exact) mass is 294 g/mol. The molecule has 6 nitrogen and oxygen atoms in total. The highest BCUT2D eigenvalue weighted by Gasteiger charge is 2.39. The van der Waals surface area contributed by atoms with Gasteiger partial charge in [-0.15, -0.1) is 0 Å². The molecule has 0 saturated heterocycles. The summed E-state index contributed by atoms with van der Waals surface area (Å²) in [6.07, 6.45) is -7.53. The van der Waals surface area contributed by atoms with E-state index in [0.29, 0.717) is 12.1 Å². The van der Waals surface area contributed by atoms with Crippen molar-refractivity contribution >= 4 is 5.69 Å². The molecule has 2 N–H and O–H groups in total. The maximum atomic E-state index is 12.1. The molecule has 0 bridgehead atoms. The maximum absolute atomic E-state index is 12.1. The van der Waals surface area contributed by atoms with Crippen molar-refractivity contribution in [3.63, 3.8) is 0 Å². The minimum Gasteiger partial charge on any atom is -0.484 e. The largest absolute Gasteiger partial charge is 0.484 e. The molecule has 1 aromatic rings. The molecule has 112 valence electrons. The summed E-state index contributed by atoms with van der Waals surface area (Å²) in [5, 5.41) is 22.4. The Balaban J connectivity index is 2.90. The van der Waals surface area contributed by atoms with E-state index >= 15 is 0 Å². The predicted octanol–water partition coefficient (Wildman–Crippen LogP) is 1.62. The number of halogens is 3. The van der Waals surface area contributed by atoms with Crippen molar-refractivity contribution in [2.24, 2.45) is 0 Å². The number of aliphatic hydroxyl groups is 1. The van der Waals surface area contributed by atoms with E-state index in [9.17, 15) is 23.3 Å². The first-order chi connectivity index (χ1) is 9.25. The third kappa shape index (κ3) is 4.35. The Morgan fingerprint density at radius 1 is 1.50 bits per heavy atom. The van der Waals surface area contributed by atoms with Crippen molar-refractivity contribution in [2.75, 3.05) is 13.7 Å². The van der Waals surface area contributed by atoms with Gasteiger partial charge in [0.15, 0.2) is 11.9 Å². The van der Waals surface area contributed by atoms with Crippen LogP contribution in [0.4, 0.5) is 18.9 Å². The van der Waals surface area contributed by atoms with E-state index in [1.807, 2.05) is 0 Å². The minimum absolute atomic E-state index is 0.314. The second-order valence-corrected chi connectivity index (χ2v) is 3.96. The molecule has 0 aliphatic rings. The molecule has 0 saturated carbocycles. The fourth-order valence-corrected chi connectivity index (χ4v) is 1.40. The Labute approximate surface area is 112 Å². The highest BCUT2D eigenvalue weighted by Crippen LogP contribution is 2.29. The molecule has 1 aromatic carbocycles. The Bertz CT molecular complexity index is 479. The zero-order valence-electron chi connectivity index (χ0n) is 10.5. The molecule has 0 spiro atoms. The second kappa shape index (κ2) is 6.53. The van der Waals surface area contributed by atoms with Crippen LogP contribution < -0.4 is 10.1 Å². The lowest BCUT2D eigenvalue weighted by atomic mass is 10.2. The highest BCUT2D eigenvalue weighted by molar-refractivity contribution is 5.48. The van der Waals surface area contributed by atoms with Crippen LogP contribution in [0, 0.1) is 10.1 Å². The van der Waals surface area contributed by atoms with E-state index in [2.05, 4.69) is 5.32 Å². The van der Waals surface area contributed by atoms with Gasteiger partial charge in [0.25, 0.3) is 0 Å². The molecule has 1 unspecified atom stereocenters. The van der Waals surface area contributed by atoms with Crippen molar-refractivity contribution in [2.45, 2.75) is 18.8 Å². The van der Waals surface area contributed by atoms with Crippen LogP contribution in [0.3, 0.4) is 0 Å². The average molecular weight is 294 g/mol. The van der Waals surface area contributed by atoms with Gasteiger partial charge in [0, 0.05) is 12.6 Å². The summed E-state index contributed by atoms with van der Waals surface area (Å²) in [4.78, 5) is 9.99. The molecule has 0 heterocycles. The van der Waals surface area contributed by atoms with Crippen LogP contribution >= 0.6 is 0 Å². The molecule has 20 heavy (non-hydrogen) atoms. The molecule has 1 rings (SSSR count). The predicted molar refractivity (Wildman–Crippen MR) is 63.4 cm³/mol. The van der Waals surface area contributed by atoms with Crippen LogP contribution in [0.1, 0.15) is 5.56 Å². The number of nitro benzene ring substituents is 1. The summed E-state index contributed by atoms with van der Waals surface area (Å²) in [5.74, 6) is -0.314. The highest BCUT2D eigenvalue weighted by atomic mass is 19.4. The first kappa shape index (κ1) is 16.2. The van der Waals surface area contributed by atoms with Crippen LogP contribution in [-0.2, 0) is 6.54 Å². The third-order valence-corrected chi connectivity index (χ3v) is 2.38. The normalized spacial score (nSPS) is 13.1. The maximum Gasteiger partial charge on any atom is 0.417 e. The molecule has 0 fully saturated rings. The zero-order chi connectivity index (χ0) is 15.3. The van der Waals surface area contributed by atoms with Gasteiger partial charge in [-0.2, -0.15) is 13.2 Å². The van der Waals surface area contributed by atoms with Crippen LogP contribution in [0.5, 0.6) is 5.75 Å². The standard InChI is InChI=1S/C11H13F3N2O4/c1-15-5-7-2-3-8(16(18)19)9(4-7)20-6-10(17)11(12,13)14/h2-4,10,15,17H,5-6H2,1H3. The first-order valence-corrected chi connectivity index (χ1v) is 5.55. The van der Waals surface area contributed by atoms with Gasteiger partial charge in [0.1, 0.15) is 6.61 Å². The van der Waals surface area contributed by atoms with Gasteiger partial charge in [0.05, 0.1) is 4.92 Å². The number of ether oxygens (including phenoxy) is 1. The summed E-state index contributed by atoms with van der Waals surface area (Å²) in [6, 6.07) is 3.86. The average Bonchev–Trinajstić information content (AvgIpc) is 2.35. The lowest BCUT2D eigenvalue weighted by molar-refractivity contribution is -0.386. The van der Waals surface area contributed by atoms with E-state index in [0.717, 1.165) is 6.07 Å². The molecular weight excluding hydrogens is 281 g/mol. The van der Waals surface area contributed by atoms with Gasteiger partial charge in [0.2, 0.25) is 0 Å². The van der Waals surface area contributed by atoms with E-state index in [-0.39, 0.29) is 5.75 Å². The smallest absolute Gasteiger partial charge is 0.417 e. The Hall–Kier alpha value is -1.87. The fraction of sp³-hybridized carbons (Fsp3) is 0.455. The van der Waals surface area contributed by atoms with E-state index in [1.165, 1.54) is 12.1 Å². The van der Waals surface area contributed by atoms with Crippen molar-refractivity contribution in [3.05, 3.63) is 33.9 Å². The fourth-order valence-electron chi connectivity index (χ4n) is 1.40.